The molecule has 0 aromatic heterocycles. The van der Waals surface area contributed by atoms with Crippen LogP contribution in [0.1, 0.15) is 41.6 Å². The van der Waals surface area contributed by atoms with Gasteiger partial charge in [-0.2, -0.15) is 0 Å². The van der Waals surface area contributed by atoms with Crippen molar-refractivity contribution in [1.82, 2.24) is 10.2 Å². The van der Waals surface area contributed by atoms with Gasteiger partial charge in [-0.25, -0.2) is 0 Å². The summed E-state index contributed by atoms with van der Waals surface area (Å²) in [5, 5.41) is 4.23. The van der Waals surface area contributed by atoms with E-state index in [0.29, 0.717) is 16.6 Å². The average Bonchev–Trinajstić information content (AvgIpc) is 3.32. The lowest BCUT2D eigenvalue weighted by molar-refractivity contribution is 0.0705. The molecule has 1 saturated heterocycles. The second-order valence-corrected chi connectivity index (χ2v) is 6.73. The predicted molar refractivity (Wildman–Crippen MR) is 93.1 cm³/mol. The number of hydrogen-bond donors (Lipinski definition) is 1. The van der Waals surface area contributed by atoms with Crippen molar-refractivity contribution in [2.45, 2.75) is 38.6 Å². The number of likely N-dealkylation sites (tertiary alicyclic amines) is 1. The summed E-state index contributed by atoms with van der Waals surface area (Å²) in [7, 11) is 0. The van der Waals surface area contributed by atoms with Crippen LogP contribution in [0.15, 0.2) is 18.2 Å². The molecule has 1 aromatic carbocycles. The topological polar surface area (TPSA) is 32.3 Å². The summed E-state index contributed by atoms with van der Waals surface area (Å²) in [6, 6.07) is 6.24. The Morgan fingerprint density at radius 1 is 1.27 bits per heavy atom. The first-order chi connectivity index (χ1) is 10.1. The molecule has 2 fully saturated rings. The second kappa shape index (κ2) is 7.67. The first kappa shape index (κ1) is 17.6. The van der Waals surface area contributed by atoms with Gasteiger partial charge in [-0.05, 0) is 56.7 Å². The van der Waals surface area contributed by atoms with E-state index in [4.69, 9.17) is 11.6 Å². The molecule has 0 radical (unpaired) electrons. The maximum absolute atomic E-state index is 12.6. The molecule has 0 unspecified atom stereocenters. The van der Waals surface area contributed by atoms with Crippen LogP contribution in [0.5, 0.6) is 0 Å². The molecular formula is C17H24Cl2N2O. The van der Waals surface area contributed by atoms with Crippen LogP contribution in [0.3, 0.4) is 0 Å². The lowest BCUT2D eigenvalue weighted by Crippen LogP contribution is -2.45. The Labute approximate surface area is 143 Å². The molecule has 1 saturated carbocycles. The van der Waals surface area contributed by atoms with E-state index in [1.807, 2.05) is 30.0 Å². The van der Waals surface area contributed by atoms with E-state index < -0.39 is 0 Å². The smallest absolute Gasteiger partial charge is 0.255 e. The van der Waals surface area contributed by atoms with Gasteiger partial charge in [0.2, 0.25) is 0 Å². The van der Waals surface area contributed by atoms with Gasteiger partial charge in [0.05, 0.1) is 10.6 Å². The Kier molecular flexibility index (Phi) is 6.13. The predicted octanol–water partition coefficient (Wildman–Crippen LogP) is 3.67. The van der Waals surface area contributed by atoms with Gasteiger partial charge in [0, 0.05) is 19.1 Å². The highest BCUT2D eigenvalue weighted by Crippen LogP contribution is 2.28. The summed E-state index contributed by atoms with van der Waals surface area (Å²) < 4.78 is 0. The van der Waals surface area contributed by atoms with Crippen molar-refractivity contribution in [1.29, 1.82) is 0 Å². The average molecular weight is 343 g/mol. The third-order valence-corrected chi connectivity index (χ3v) is 5.10. The van der Waals surface area contributed by atoms with Crippen LogP contribution < -0.4 is 5.32 Å². The van der Waals surface area contributed by atoms with E-state index in [1.54, 1.807) is 0 Å². The van der Waals surface area contributed by atoms with Crippen LogP contribution >= 0.6 is 24.0 Å². The maximum atomic E-state index is 12.6. The van der Waals surface area contributed by atoms with Gasteiger partial charge in [-0.15, -0.1) is 12.4 Å². The van der Waals surface area contributed by atoms with Gasteiger partial charge in [0.1, 0.15) is 0 Å². The molecule has 122 valence electrons. The molecule has 1 heterocycles. The van der Waals surface area contributed by atoms with Crippen LogP contribution in [0, 0.1) is 12.8 Å². The van der Waals surface area contributed by atoms with Crippen molar-refractivity contribution >= 4 is 29.9 Å². The maximum Gasteiger partial charge on any atom is 0.255 e. The first-order valence-corrected chi connectivity index (χ1v) is 8.30. The van der Waals surface area contributed by atoms with Gasteiger partial charge in [-0.1, -0.05) is 23.7 Å². The number of hydrogen-bond acceptors (Lipinski definition) is 2. The zero-order valence-corrected chi connectivity index (χ0v) is 14.6. The largest absolute Gasteiger partial charge is 0.338 e. The minimum atomic E-state index is 0. The monoisotopic (exact) mass is 342 g/mol. The number of nitrogens with zero attached hydrogens (tertiary/aromatic N) is 1. The molecule has 3 rings (SSSR count). The highest BCUT2D eigenvalue weighted by molar-refractivity contribution is 6.34. The molecule has 22 heavy (non-hydrogen) atoms. The van der Waals surface area contributed by atoms with E-state index >= 15 is 0 Å². The number of nitrogens with one attached hydrogen (secondary N) is 1. The van der Waals surface area contributed by atoms with Crippen molar-refractivity contribution in [2.24, 2.45) is 5.92 Å². The lowest BCUT2D eigenvalue weighted by atomic mass is 10.0. The summed E-state index contributed by atoms with van der Waals surface area (Å²) in [6.45, 7) is 4.74. The molecule has 3 nitrogen and oxygen atoms in total. The second-order valence-electron chi connectivity index (χ2n) is 6.35. The summed E-state index contributed by atoms with van der Waals surface area (Å²) in [6.07, 6.45) is 4.86. The minimum absolute atomic E-state index is 0. The minimum Gasteiger partial charge on any atom is -0.338 e. The zero-order valence-electron chi connectivity index (χ0n) is 13.0. The SMILES string of the molecule is Cc1cccc(C(=O)N2CCC(NCC3CC3)CC2)c1Cl.Cl. The number of piperidine rings is 1. The van der Waals surface area contributed by atoms with Crippen LogP contribution in [0.2, 0.25) is 5.02 Å². The first-order valence-electron chi connectivity index (χ1n) is 7.93. The van der Waals surface area contributed by atoms with E-state index in [-0.39, 0.29) is 18.3 Å². The number of aryl methyl sites for hydroxylation is 1. The molecule has 1 aromatic rings. The summed E-state index contributed by atoms with van der Waals surface area (Å²) in [5.41, 5.74) is 1.60. The van der Waals surface area contributed by atoms with E-state index in [9.17, 15) is 4.79 Å². The summed E-state index contributed by atoms with van der Waals surface area (Å²) >= 11 is 6.27. The molecule has 1 N–H and O–H groups in total. The number of halogens is 2. The Balaban J connectivity index is 0.00000176. The highest BCUT2D eigenvalue weighted by atomic mass is 35.5. The van der Waals surface area contributed by atoms with Gasteiger partial charge in [0.25, 0.3) is 5.91 Å². The van der Waals surface area contributed by atoms with Gasteiger partial charge in [0.15, 0.2) is 0 Å². The number of benzene rings is 1. The van der Waals surface area contributed by atoms with Crippen LogP contribution in [0.4, 0.5) is 0 Å². The van der Waals surface area contributed by atoms with Crippen LogP contribution in [-0.4, -0.2) is 36.5 Å². The number of rotatable bonds is 4. The van der Waals surface area contributed by atoms with Crippen molar-refractivity contribution in [3.05, 3.63) is 34.3 Å². The lowest BCUT2D eigenvalue weighted by Gasteiger charge is -2.33. The third-order valence-electron chi connectivity index (χ3n) is 4.60. The van der Waals surface area contributed by atoms with Crippen molar-refractivity contribution in [3.63, 3.8) is 0 Å². The molecule has 0 bridgehead atoms. The summed E-state index contributed by atoms with van der Waals surface area (Å²) in [5.74, 6) is 0.986. The fourth-order valence-electron chi connectivity index (χ4n) is 2.92. The molecule has 2 aliphatic rings. The van der Waals surface area contributed by atoms with Crippen molar-refractivity contribution in [3.8, 4) is 0 Å². The molecular weight excluding hydrogens is 319 g/mol. The third kappa shape index (κ3) is 4.15. The Bertz CT molecular complexity index is 523. The Morgan fingerprint density at radius 2 is 1.95 bits per heavy atom. The molecule has 1 aliphatic carbocycles. The van der Waals surface area contributed by atoms with E-state index in [0.717, 1.165) is 44.0 Å². The van der Waals surface area contributed by atoms with E-state index in [1.165, 1.54) is 12.8 Å². The van der Waals surface area contributed by atoms with Crippen LogP contribution in [0.25, 0.3) is 0 Å². The fraction of sp³-hybridized carbons (Fsp3) is 0.588. The quantitative estimate of drug-likeness (QED) is 0.905. The molecule has 5 heteroatoms. The Hall–Kier alpha value is -0.770. The highest BCUT2D eigenvalue weighted by Gasteiger charge is 2.27. The number of amides is 1. The zero-order chi connectivity index (χ0) is 14.8. The van der Waals surface area contributed by atoms with Crippen LogP contribution in [-0.2, 0) is 0 Å². The van der Waals surface area contributed by atoms with E-state index in [2.05, 4.69) is 5.32 Å². The molecule has 0 atom stereocenters. The summed E-state index contributed by atoms with van der Waals surface area (Å²) in [4.78, 5) is 14.5. The van der Waals surface area contributed by atoms with Gasteiger partial charge in [-0.3, -0.25) is 4.79 Å². The number of carbonyl (C=O) groups excluding carboxylic acids is 1. The normalized spacial score (nSPS) is 18.9. The number of carbonyl (C=O) groups is 1. The Morgan fingerprint density at radius 3 is 2.59 bits per heavy atom. The van der Waals surface area contributed by atoms with Crippen molar-refractivity contribution in [2.75, 3.05) is 19.6 Å². The van der Waals surface area contributed by atoms with Crippen molar-refractivity contribution < 1.29 is 4.79 Å². The standard InChI is InChI=1S/C17H23ClN2O.ClH/c1-12-3-2-4-15(16(12)18)17(21)20-9-7-14(8-10-20)19-11-13-5-6-13;/h2-4,13-14,19H,5-11H2,1H3;1H. The molecule has 0 spiro atoms. The fourth-order valence-corrected chi connectivity index (χ4v) is 3.13. The molecule has 1 amide bonds. The van der Waals surface area contributed by atoms with Gasteiger partial charge < -0.3 is 10.2 Å². The van der Waals surface area contributed by atoms with Gasteiger partial charge >= 0.3 is 0 Å². The molecule has 1 aliphatic heterocycles.